The number of likely N-dealkylation sites (N-methyl/N-ethyl adjacent to an activating group) is 1. The predicted molar refractivity (Wildman–Crippen MR) is 57.6 cm³/mol. The zero-order valence-corrected chi connectivity index (χ0v) is 9.26. The minimum absolute atomic E-state index is 0.869. The van der Waals surface area contributed by atoms with Crippen LogP contribution in [0.25, 0.3) is 0 Å². The van der Waals surface area contributed by atoms with Crippen LogP contribution in [0.1, 0.15) is 5.56 Å². The first-order valence-corrected chi connectivity index (χ1v) is 5.07. The van der Waals surface area contributed by atoms with E-state index in [2.05, 4.69) is 37.6 Å². The first-order chi connectivity index (χ1) is 6.33. The smallest absolute Gasteiger partial charge is 0.0410 e. The molecule has 1 rings (SSSR count). The van der Waals surface area contributed by atoms with Crippen molar-refractivity contribution in [3.8, 4) is 0 Å². The molecule has 1 aromatic heterocycles. The summed E-state index contributed by atoms with van der Waals surface area (Å²) in [6.07, 6.45) is 3.66. The lowest BCUT2D eigenvalue weighted by Gasteiger charge is -2.03. The average molecular weight is 244 g/mol. The Bertz CT molecular complexity index is 252. The van der Waals surface area contributed by atoms with Crippen molar-refractivity contribution in [1.82, 2.24) is 15.6 Å². The largest absolute Gasteiger partial charge is 0.318 e. The van der Waals surface area contributed by atoms with Gasteiger partial charge in [-0.05, 0) is 34.6 Å². The molecule has 0 unspecified atom stereocenters. The third-order valence-electron chi connectivity index (χ3n) is 1.64. The van der Waals surface area contributed by atoms with Crippen molar-refractivity contribution in [3.05, 3.63) is 28.5 Å². The molecule has 3 nitrogen and oxygen atoms in total. The Morgan fingerprint density at radius 1 is 1.38 bits per heavy atom. The molecule has 0 radical (unpaired) electrons. The van der Waals surface area contributed by atoms with E-state index < -0.39 is 0 Å². The number of nitrogens with zero attached hydrogens (tertiary/aromatic N) is 1. The SMILES string of the molecule is CNCCNCc1cncc(Br)c1. The second-order valence-corrected chi connectivity index (χ2v) is 3.71. The van der Waals surface area contributed by atoms with Gasteiger partial charge in [-0.2, -0.15) is 0 Å². The van der Waals surface area contributed by atoms with E-state index in [-0.39, 0.29) is 0 Å². The molecule has 0 saturated heterocycles. The normalized spacial score (nSPS) is 10.3. The van der Waals surface area contributed by atoms with Gasteiger partial charge in [0.05, 0.1) is 0 Å². The van der Waals surface area contributed by atoms with Gasteiger partial charge in [0.2, 0.25) is 0 Å². The summed E-state index contributed by atoms with van der Waals surface area (Å²) in [5, 5.41) is 6.38. The quantitative estimate of drug-likeness (QED) is 0.763. The lowest BCUT2D eigenvalue weighted by Crippen LogP contribution is -2.24. The number of halogens is 1. The Hall–Kier alpha value is -0.450. The van der Waals surface area contributed by atoms with E-state index in [9.17, 15) is 0 Å². The molecular formula is C9H14BrN3. The number of aromatic nitrogens is 1. The van der Waals surface area contributed by atoms with Gasteiger partial charge < -0.3 is 10.6 Å². The summed E-state index contributed by atoms with van der Waals surface area (Å²) in [6, 6.07) is 2.07. The molecule has 72 valence electrons. The van der Waals surface area contributed by atoms with Gasteiger partial charge in [0, 0.05) is 36.5 Å². The molecule has 0 amide bonds. The van der Waals surface area contributed by atoms with Crippen LogP contribution in [0.3, 0.4) is 0 Å². The van der Waals surface area contributed by atoms with Gasteiger partial charge in [0.25, 0.3) is 0 Å². The summed E-state index contributed by atoms with van der Waals surface area (Å²) in [7, 11) is 1.95. The van der Waals surface area contributed by atoms with Crippen LogP contribution in [0.4, 0.5) is 0 Å². The van der Waals surface area contributed by atoms with Crippen molar-refractivity contribution < 1.29 is 0 Å². The van der Waals surface area contributed by atoms with E-state index in [1.54, 1.807) is 6.20 Å². The third kappa shape index (κ3) is 4.36. The van der Waals surface area contributed by atoms with Crippen LogP contribution >= 0.6 is 15.9 Å². The average Bonchev–Trinajstić information content (AvgIpc) is 2.13. The first-order valence-electron chi connectivity index (χ1n) is 4.27. The number of pyridine rings is 1. The molecule has 0 saturated carbocycles. The summed E-state index contributed by atoms with van der Waals surface area (Å²) < 4.78 is 1.03. The number of hydrogen-bond acceptors (Lipinski definition) is 3. The summed E-state index contributed by atoms with van der Waals surface area (Å²) in [4.78, 5) is 4.08. The molecule has 0 atom stereocenters. The number of rotatable bonds is 5. The Labute approximate surface area is 87.1 Å². The van der Waals surface area contributed by atoms with Gasteiger partial charge in [0.15, 0.2) is 0 Å². The Morgan fingerprint density at radius 2 is 2.23 bits per heavy atom. The fourth-order valence-electron chi connectivity index (χ4n) is 0.999. The molecule has 0 aromatic carbocycles. The molecule has 4 heteroatoms. The highest BCUT2D eigenvalue weighted by Crippen LogP contribution is 2.08. The lowest BCUT2D eigenvalue weighted by molar-refractivity contribution is 0.649. The van der Waals surface area contributed by atoms with E-state index in [4.69, 9.17) is 0 Å². The van der Waals surface area contributed by atoms with Crippen LogP contribution in [0.5, 0.6) is 0 Å². The predicted octanol–water partition coefficient (Wildman–Crippen LogP) is 1.15. The standard InChI is InChI=1S/C9H14BrN3/c1-11-2-3-12-5-8-4-9(10)7-13-6-8/h4,6-7,11-12H,2-3,5H2,1H3. The van der Waals surface area contributed by atoms with Gasteiger partial charge in [-0.3, -0.25) is 4.98 Å². The van der Waals surface area contributed by atoms with Crippen molar-refractivity contribution >= 4 is 15.9 Å². The maximum absolute atomic E-state index is 4.08. The molecule has 2 N–H and O–H groups in total. The maximum Gasteiger partial charge on any atom is 0.0410 e. The third-order valence-corrected chi connectivity index (χ3v) is 2.08. The van der Waals surface area contributed by atoms with Crippen LogP contribution in [0, 0.1) is 0 Å². The zero-order chi connectivity index (χ0) is 9.52. The minimum atomic E-state index is 0.869. The van der Waals surface area contributed by atoms with Crippen molar-refractivity contribution in [1.29, 1.82) is 0 Å². The molecule has 1 heterocycles. The monoisotopic (exact) mass is 243 g/mol. The molecule has 13 heavy (non-hydrogen) atoms. The maximum atomic E-state index is 4.08. The summed E-state index contributed by atoms with van der Waals surface area (Å²) in [5.74, 6) is 0. The molecule has 0 bridgehead atoms. The second kappa shape index (κ2) is 6.07. The van der Waals surface area contributed by atoms with E-state index in [0.29, 0.717) is 0 Å². The molecule has 0 aliphatic carbocycles. The van der Waals surface area contributed by atoms with Crippen molar-refractivity contribution in [2.75, 3.05) is 20.1 Å². The summed E-state index contributed by atoms with van der Waals surface area (Å²) in [6.45, 7) is 2.83. The lowest BCUT2D eigenvalue weighted by atomic mass is 10.3. The highest BCUT2D eigenvalue weighted by molar-refractivity contribution is 9.10. The van der Waals surface area contributed by atoms with Crippen molar-refractivity contribution in [2.45, 2.75) is 6.54 Å². The number of nitrogens with one attached hydrogen (secondary N) is 2. The molecule has 0 aliphatic rings. The highest BCUT2D eigenvalue weighted by Gasteiger charge is 1.93. The van der Waals surface area contributed by atoms with Crippen LogP contribution < -0.4 is 10.6 Å². The van der Waals surface area contributed by atoms with E-state index in [1.807, 2.05) is 13.2 Å². The summed E-state index contributed by atoms with van der Waals surface area (Å²) in [5.41, 5.74) is 1.20. The van der Waals surface area contributed by atoms with E-state index in [1.165, 1.54) is 5.56 Å². The Kier molecular flexibility index (Phi) is 4.97. The first kappa shape index (κ1) is 10.6. The second-order valence-electron chi connectivity index (χ2n) is 2.79. The van der Waals surface area contributed by atoms with Gasteiger partial charge in [-0.1, -0.05) is 0 Å². The molecule has 0 spiro atoms. The van der Waals surface area contributed by atoms with Crippen molar-refractivity contribution in [2.24, 2.45) is 0 Å². The van der Waals surface area contributed by atoms with Gasteiger partial charge in [-0.15, -0.1) is 0 Å². The molecule has 1 aromatic rings. The molecule has 0 fully saturated rings. The van der Waals surface area contributed by atoms with Crippen LogP contribution in [-0.4, -0.2) is 25.1 Å². The van der Waals surface area contributed by atoms with E-state index >= 15 is 0 Å². The Morgan fingerprint density at radius 3 is 2.92 bits per heavy atom. The van der Waals surface area contributed by atoms with Gasteiger partial charge in [0.1, 0.15) is 0 Å². The van der Waals surface area contributed by atoms with Crippen LogP contribution in [0.15, 0.2) is 22.9 Å². The van der Waals surface area contributed by atoms with Crippen LogP contribution in [0.2, 0.25) is 0 Å². The minimum Gasteiger partial charge on any atom is -0.318 e. The van der Waals surface area contributed by atoms with Crippen LogP contribution in [-0.2, 0) is 6.54 Å². The van der Waals surface area contributed by atoms with E-state index in [0.717, 1.165) is 24.1 Å². The fourth-order valence-corrected chi connectivity index (χ4v) is 1.41. The highest BCUT2D eigenvalue weighted by atomic mass is 79.9. The molecule has 0 aliphatic heterocycles. The van der Waals surface area contributed by atoms with Gasteiger partial charge >= 0.3 is 0 Å². The summed E-state index contributed by atoms with van der Waals surface area (Å²) >= 11 is 3.38. The van der Waals surface area contributed by atoms with Gasteiger partial charge in [-0.25, -0.2) is 0 Å². The molecular weight excluding hydrogens is 230 g/mol. The number of hydrogen-bond donors (Lipinski definition) is 2. The Balaban J connectivity index is 2.28. The topological polar surface area (TPSA) is 37.0 Å². The zero-order valence-electron chi connectivity index (χ0n) is 7.68. The van der Waals surface area contributed by atoms with Crippen molar-refractivity contribution in [3.63, 3.8) is 0 Å². The fraction of sp³-hybridized carbons (Fsp3) is 0.444.